The first-order chi connectivity index (χ1) is 11.2. The molecule has 2 aromatic rings. The zero-order valence-electron chi connectivity index (χ0n) is 15.2. The molecular weight excluding hydrogens is 380 g/mol. The van der Waals surface area contributed by atoms with Crippen LogP contribution in [0.15, 0.2) is 48.5 Å². The highest BCUT2D eigenvalue weighted by Gasteiger charge is 2.39. The smallest absolute Gasteiger partial charge is 0.250 e. The molecule has 130 valence electrons. The maximum Gasteiger partial charge on any atom is 0.250 e. The molecule has 0 aliphatic carbocycles. The first-order valence-corrected chi connectivity index (χ1v) is 12.3. The largest absolute Gasteiger partial charge is 0.541 e. The molecule has 0 N–H and O–H groups in total. The van der Waals surface area contributed by atoms with Gasteiger partial charge in [-0.2, -0.15) is 0 Å². The van der Waals surface area contributed by atoms with E-state index in [1.807, 2.05) is 24.3 Å². The SMILES string of the molecule is CC(C)(C)[Si](C)(C)Oc1cc(CBr)ccc1OCc1ccccc1. The second-order valence-electron chi connectivity index (χ2n) is 7.55. The van der Waals surface area contributed by atoms with Crippen molar-refractivity contribution < 1.29 is 9.16 Å². The van der Waals surface area contributed by atoms with Crippen LogP contribution in [0.1, 0.15) is 31.9 Å². The van der Waals surface area contributed by atoms with Crippen molar-refractivity contribution >= 4 is 24.2 Å². The molecule has 0 amide bonds. The molecule has 0 bridgehead atoms. The van der Waals surface area contributed by atoms with Gasteiger partial charge < -0.3 is 9.16 Å². The lowest BCUT2D eigenvalue weighted by Gasteiger charge is -2.37. The van der Waals surface area contributed by atoms with Crippen LogP contribution in [0.25, 0.3) is 0 Å². The van der Waals surface area contributed by atoms with Crippen LogP contribution in [0.3, 0.4) is 0 Å². The monoisotopic (exact) mass is 406 g/mol. The molecule has 0 aromatic heterocycles. The van der Waals surface area contributed by atoms with Crippen molar-refractivity contribution in [2.75, 3.05) is 0 Å². The molecule has 0 fully saturated rings. The van der Waals surface area contributed by atoms with Gasteiger partial charge >= 0.3 is 0 Å². The highest BCUT2D eigenvalue weighted by atomic mass is 79.9. The Morgan fingerprint density at radius 2 is 1.58 bits per heavy atom. The fourth-order valence-electron chi connectivity index (χ4n) is 2.00. The van der Waals surface area contributed by atoms with Crippen molar-refractivity contribution in [3.63, 3.8) is 0 Å². The molecule has 0 aliphatic heterocycles. The molecule has 0 radical (unpaired) electrons. The summed E-state index contributed by atoms with van der Waals surface area (Å²) in [5, 5.41) is 0.952. The Morgan fingerprint density at radius 1 is 0.917 bits per heavy atom. The van der Waals surface area contributed by atoms with Crippen molar-refractivity contribution in [1.82, 2.24) is 0 Å². The molecule has 4 heteroatoms. The molecule has 0 saturated heterocycles. The van der Waals surface area contributed by atoms with E-state index in [0.29, 0.717) is 6.61 Å². The Hall–Kier alpha value is -1.26. The number of rotatable bonds is 6. The van der Waals surface area contributed by atoms with Crippen molar-refractivity contribution in [2.24, 2.45) is 0 Å². The van der Waals surface area contributed by atoms with Crippen molar-refractivity contribution in [3.8, 4) is 11.5 Å². The van der Waals surface area contributed by atoms with Crippen LogP contribution in [0.4, 0.5) is 0 Å². The number of ether oxygens (including phenoxy) is 1. The van der Waals surface area contributed by atoms with Gasteiger partial charge in [-0.05, 0) is 41.4 Å². The summed E-state index contributed by atoms with van der Waals surface area (Å²) in [4.78, 5) is 0. The van der Waals surface area contributed by atoms with Gasteiger partial charge in [0, 0.05) is 5.33 Å². The molecule has 0 saturated carbocycles. The van der Waals surface area contributed by atoms with Gasteiger partial charge in [0.05, 0.1) is 0 Å². The molecule has 0 spiro atoms. The van der Waals surface area contributed by atoms with E-state index in [1.165, 1.54) is 5.56 Å². The minimum atomic E-state index is -1.92. The lowest BCUT2D eigenvalue weighted by Crippen LogP contribution is -2.43. The molecule has 2 nitrogen and oxygen atoms in total. The van der Waals surface area contributed by atoms with E-state index >= 15 is 0 Å². The Kier molecular flexibility index (Phi) is 6.15. The maximum atomic E-state index is 6.52. The maximum absolute atomic E-state index is 6.52. The number of halogens is 1. The first-order valence-electron chi connectivity index (χ1n) is 8.27. The summed E-state index contributed by atoms with van der Waals surface area (Å²) in [7, 11) is -1.92. The molecule has 0 atom stereocenters. The minimum Gasteiger partial charge on any atom is -0.541 e. The standard InChI is InChI=1S/C20H27BrO2Si/c1-20(2,3)24(4,5)23-19-13-17(14-21)11-12-18(19)22-15-16-9-7-6-8-10-16/h6-13H,14-15H2,1-5H3. The van der Waals surface area contributed by atoms with E-state index in [-0.39, 0.29) is 5.04 Å². The highest BCUT2D eigenvalue weighted by molar-refractivity contribution is 9.08. The average Bonchev–Trinajstić information content (AvgIpc) is 2.53. The van der Waals surface area contributed by atoms with E-state index in [9.17, 15) is 0 Å². The van der Waals surface area contributed by atoms with E-state index < -0.39 is 8.32 Å². The fourth-order valence-corrected chi connectivity index (χ4v) is 3.36. The minimum absolute atomic E-state index is 0.147. The van der Waals surface area contributed by atoms with Gasteiger partial charge in [0.2, 0.25) is 0 Å². The fraction of sp³-hybridized carbons (Fsp3) is 0.400. The summed E-state index contributed by atoms with van der Waals surface area (Å²) in [6.45, 7) is 11.8. The van der Waals surface area contributed by atoms with E-state index in [0.717, 1.165) is 22.4 Å². The average molecular weight is 407 g/mol. The Morgan fingerprint density at radius 3 is 2.17 bits per heavy atom. The summed E-state index contributed by atoms with van der Waals surface area (Å²) in [6.07, 6.45) is 0. The summed E-state index contributed by atoms with van der Waals surface area (Å²) in [6, 6.07) is 16.4. The molecular formula is C20H27BrO2Si. The van der Waals surface area contributed by atoms with Crippen LogP contribution in [0.5, 0.6) is 11.5 Å². The van der Waals surface area contributed by atoms with Crippen molar-refractivity contribution in [3.05, 3.63) is 59.7 Å². The predicted molar refractivity (Wildman–Crippen MR) is 108 cm³/mol. The van der Waals surface area contributed by atoms with Crippen LogP contribution in [-0.4, -0.2) is 8.32 Å². The summed E-state index contributed by atoms with van der Waals surface area (Å²) in [5.41, 5.74) is 2.34. The topological polar surface area (TPSA) is 18.5 Å². The third-order valence-corrected chi connectivity index (χ3v) is 9.56. The van der Waals surface area contributed by atoms with E-state index in [4.69, 9.17) is 9.16 Å². The summed E-state index contributed by atoms with van der Waals surface area (Å²) >= 11 is 3.53. The predicted octanol–water partition coefficient (Wildman–Crippen LogP) is 6.54. The van der Waals surface area contributed by atoms with Gasteiger partial charge in [0.1, 0.15) is 12.4 Å². The molecule has 0 heterocycles. The van der Waals surface area contributed by atoms with Gasteiger partial charge in [0.25, 0.3) is 8.32 Å². The second kappa shape index (κ2) is 7.75. The zero-order valence-corrected chi connectivity index (χ0v) is 17.8. The van der Waals surface area contributed by atoms with Gasteiger partial charge in [-0.25, -0.2) is 0 Å². The third kappa shape index (κ3) is 4.87. The van der Waals surface area contributed by atoms with Gasteiger partial charge in [-0.1, -0.05) is 73.1 Å². The van der Waals surface area contributed by atoms with Gasteiger partial charge in [-0.3, -0.25) is 0 Å². The van der Waals surface area contributed by atoms with Crippen LogP contribution in [0, 0.1) is 0 Å². The number of alkyl halides is 1. The van der Waals surface area contributed by atoms with Crippen LogP contribution in [-0.2, 0) is 11.9 Å². The van der Waals surface area contributed by atoms with Crippen LogP contribution >= 0.6 is 15.9 Å². The molecule has 2 rings (SSSR count). The summed E-state index contributed by atoms with van der Waals surface area (Å²) in [5.74, 6) is 1.67. The lowest BCUT2D eigenvalue weighted by atomic mass is 10.2. The number of benzene rings is 2. The van der Waals surface area contributed by atoms with E-state index in [2.05, 4.69) is 74.1 Å². The van der Waals surface area contributed by atoms with Crippen molar-refractivity contribution in [2.45, 2.75) is 50.8 Å². The third-order valence-electron chi connectivity index (χ3n) is 4.57. The Bertz CT molecular complexity index is 663. The second-order valence-corrected chi connectivity index (χ2v) is 12.8. The van der Waals surface area contributed by atoms with Crippen LogP contribution in [0.2, 0.25) is 18.1 Å². The molecule has 2 aromatic carbocycles. The lowest BCUT2D eigenvalue weighted by molar-refractivity contribution is 0.294. The normalized spacial score (nSPS) is 12.1. The zero-order chi connectivity index (χ0) is 17.8. The van der Waals surface area contributed by atoms with Gasteiger partial charge in [-0.15, -0.1) is 0 Å². The van der Waals surface area contributed by atoms with E-state index in [1.54, 1.807) is 0 Å². The molecule has 0 unspecified atom stereocenters. The molecule has 0 aliphatic rings. The summed E-state index contributed by atoms with van der Waals surface area (Å²) < 4.78 is 12.6. The first kappa shape index (κ1) is 19.1. The number of hydrogen-bond donors (Lipinski definition) is 0. The number of hydrogen-bond acceptors (Lipinski definition) is 2. The van der Waals surface area contributed by atoms with Crippen molar-refractivity contribution in [1.29, 1.82) is 0 Å². The Balaban J connectivity index is 2.24. The Labute approximate surface area is 155 Å². The molecule has 24 heavy (non-hydrogen) atoms. The highest BCUT2D eigenvalue weighted by Crippen LogP contribution is 2.40. The van der Waals surface area contributed by atoms with Crippen LogP contribution < -0.4 is 9.16 Å². The quantitative estimate of drug-likeness (QED) is 0.400. The van der Waals surface area contributed by atoms with Gasteiger partial charge in [0.15, 0.2) is 5.75 Å².